The van der Waals surface area contributed by atoms with Crippen LogP contribution in [-0.4, -0.2) is 33.2 Å². The summed E-state index contributed by atoms with van der Waals surface area (Å²) in [7, 11) is 0. The number of rotatable bonds is 17. The molecule has 0 aliphatic heterocycles. The van der Waals surface area contributed by atoms with Crippen LogP contribution in [0.2, 0.25) is 10.0 Å². The summed E-state index contributed by atoms with van der Waals surface area (Å²) in [5.41, 5.74) is 26.0. The lowest BCUT2D eigenvalue weighted by Crippen LogP contribution is -2.24. The summed E-state index contributed by atoms with van der Waals surface area (Å²) in [6, 6.07) is 50.4. The van der Waals surface area contributed by atoms with Gasteiger partial charge in [-0.25, -0.2) is 18.8 Å². The van der Waals surface area contributed by atoms with Crippen LogP contribution in [0.3, 0.4) is 0 Å². The van der Waals surface area contributed by atoms with Crippen molar-refractivity contribution >= 4 is 167 Å². The van der Waals surface area contributed by atoms with Crippen LogP contribution < -0.4 is 33.2 Å². The minimum atomic E-state index is -0.525. The van der Waals surface area contributed by atoms with Crippen molar-refractivity contribution in [3.05, 3.63) is 265 Å². The zero-order valence-corrected chi connectivity index (χ0v) is 54.8. The summed E-state index contributed by atoms with van der Waals surface area (Å²) in [5.74, 6) is -0.0539. The lowest BCUT2D eigenvalue weighted by Gasteiger charge is -2.11. The van der Waals surface area contributed by atoms with Gasteiger partial charge in [0.2, 0.25) is 0 Å². The molecule has 10 N–H and O–H groups in total. The highest BCUT2D eigenvalue weighted by Crippen LogP contribution is 2.28. The Morgan fingerprint density at radius 3 is 1.29 bits per heavy atom. The fourth-order valence-corrected chi connectivity index (χ4v) is 11.1. The van der Waals surface area contributed by atoms with Gasteiger partial charge in [0.05, 0.1) is 28.0 Å². The normalized spacial score (nSPS) is 11.0. The summed E-state index contributed by atoms with van der Waals surface area (Å²) in [6.45, 7) is 1.07. The van der Waals surface area contributed by atoms with Crippen molar-refractivity contribution in [2.24, 2.45) is 27.2 Å². The molecule has 8 aromatic rings. The van der Waals surface area contributed by atoms with Crippen molar-refractivity contribution in [1.29, 1.82) is 10.7 Å². The molecule has 0 heterocycles. The molecule has 0 unspecified atom stereocenters. The van der Waals surface area contributed by atoms with E-state index in [0.29, 0.717) is 75.0 Å². The second-order valence-corrected chi connectivity index (χ2v) is 25.2. The monoisotopic (exact) mass is 1490 g/mol. The number of nitriles is 1. The Kier molecular flexibility index (Phi) is 27.5. The van der Waals surface area contributed by atoms with Gasteiger partial charge in [0, 0.05) is 76.5 Å². The third-order valence-electron chi connectivity index (χ3n) is 11.5. The van der Waals surface area contributed by atoms with Gasteiger partial charge in [0.15, 0.2) is 15.5 Å². The van der Waals surface area contributed by atoms with Gasteiger partial charge in [-0.3, -0.25) is 19.8 Å². The average molecular weight is 1500 g/mol. The number of halogens is 8. The van der Waals surface area contributed by atoms with Crippen LogP contribution in [-0.2, 0) is 36.9 Å². The van der Waals surface area contributed by atoms with E-state index in [-0.39, 0.29) is 38.9 Å². The lowest BCUT2D eigenvalue weighted by atomic mass is 10.1. The maximum atomic E-state index is 13.3. The van der Waals surface area contributed by atoms with Crippen LogP contribution >= 0.6 is 122 Å². The van der Waals surface area contributed by atoms with E-state index in [1.54, 1.807) is 78.9 Å². The minimum absolute atomic E-state index is 0.00245. The third-order valence-corrected chi connectivity index (χ3v) is 16.5. The Morgan fingerprint density at radius 2 is 0.882 bits per heavy atom. The summed E-state index contributed by atoms with van der Waals surface area (Å²) in [5, 5.41) is 26.2. The Morgan fingerprint density at radius 1 is 0.506 bits per heavy atom. The van der Waals surface area contributed by atoms with Crippen molar-refractivity contribution in [2.45, 2.75) is 36.9 Å². The first-order valence-corrected chi connectivity index (χ1v) is 31.9. The number of aliphatic imine (C=N–C) groups is 2. The molecule has 0 aromatic heterocycles. The summed E-state index contributed by atoms with van der Waals surface area (Å²) in [6.07, 6.45) is 0. The Balaban J connectivity index is 0.000000207. The first-order valence-electron chi connectivity index (χ1n) is 25.0. The van der Waals surface area contributed by atoms with E-state index in [1.165, 1.54) is 53.9 Å². The number of amidine groups is 3. The van der Waals surface area contributed by atoms with Crippen LogP contribution in [0.25, 0.3) is 0 Å². The van der Waals surface area contributed by atoms with E-state index in [9.17, 15) is 23.2 Å². The lowest BCUT2D eigenvalue weighted by molar-refractivity contribution is 0.0942. The van der Waals surface area contributed by atoms with Gasteiger partial charge in [-0.05, 0) is 167 Å². The molecule has 436 valence electrons. The molecule has 0 spiro atoms. The number of hydrogen-bond donors (Lipinski definition) is 7. The number of carbonyl (C=O) groups is 3. The van der Waals surface area contributed by atoms with Gasteiger partial charge >= 0.3 is 0 Å². The maximum Gasteiger partial charge on any atom is 0.251 e. The number of carbonyl (C=O) groups excluding carboxylic acids is 3. The van der Waals surface area contributed by atoms with Crippen molar-refractivity contribution < 1.29 is 23.2 Å². The predicted molar refractivity (Wildman–Crippen MR) is 359 cm³/mol. The molecular formula is C61H50Br4Cl2F2N10O3S3. The first-order chi connectivity index (χ1) is 40.7. The standard InChI is InChI=1S/C23H17BrClFN4OS.C22H18Br2ClN3OS.C16H15BrFN3OS/c24-17-5-7-19(22(31)29-12-15-3-1-14(11-27)2-4-15)16(9-17)13-32-23(28)30-18-6-8-21(26)20(25)10-18;23-16-3-8-19(9-4-16)28-22(26)30-13-15-11-17(24)5-10-20(15)21(29)27-12-14-1-6-18(25)7-2-14;17-12-3-6-14(11(7-12)9-23-16(19)20)15(22)21-8-10-1-4-13(18)5-2-10/h1-10H,12-13H2,(H2,28,30)(H,29,31);1-11H,12-13H2,(H2,26,28)(H,27,29);1-7H,8-9H2,(H3,19,20)(H,21,22). The smallest absolute Gasteiger partial charge is 0.251 e. The zero-order valence-electron chi connectivity index (χ0n) is 44.5. The number of amides is 3. The second kappa shape index (κ2) is 34.6. The van der Waals surface area contributed by atoms with Crippen LogP contribution in [0, 0.1) is 28.4 Å². The van der Waals surface area contributed by atoms with Gasteiger partial charge in [-0.15, -0.1) is 0 Å². The van der Waals surface area contributed by atoms with E-state index >= 15 is 0 Å². The molecular weight excluding hydrogens is 1450 g/mol. The molecule has 0 saturated heterocycles. The van der Waals surface area contributed by atoms with E-state index in [4.69, 9.17) is 51.1 Å². The fourth-order valence-electron chi connectivity index (χ4n) is 7.29. The predicted octanol–water partition coefficient (Wildman–Crippen LogP) is 16.2. The van der Waals surface area contributed by atoms with Crippen LogP contribution in [0.4, 0.5) is 20.2 Å². The highest BCUT2D eigenvalue weighted by molar-refractivity contribution is 9.11. The molecule has 24 heteroatoms. The average Bonchev–Trinajstić information content (AvgIpc) is 3.51. The first kappa shape index (κ1) is 67.6. The molecule has 0 atom stereocenters. The molecule has 0 aliphatic rings. The second-order valence-electron chi connectivity index (χ2n) is 17.7. The Hall–Kier alpha value is -6.52. The maximum absolute atomic E-state index is 13.3. The summed E-state index contributed by atoms with van der Waals surface area (Å²) >= 11 is 29.2. The van der Waals surface area contributed by atoms with Crippen LogP contribution in [0.15, 0.2) is 198 Å². The van der Waals surface area contributed by atoms with E-state index < -0.39 is 5.82 Å². The van der Waals surface area contributed by atoms with E-state index in [0.717, 1.165) is 68.7 Å². The molecule has 0 radical (unpaired) electrons. The highest BCUT2D eigenvalue weighted by atomic mass is 79.9. The fraction of sp³-hybridized carbons (Fsp3) is 0.0984. The third kappa shape index (κ3) is 23.4. The molecule has 13 nitrogen and oxygen atoms in total. The Labute approximate surface area is 546 Å². The molecule has 0 fully saturated rings. The number of hydrogen-bond acceptors (Lipinski definition) is 10. The van der Waals surface area contributed by atoms with Crippen LogP contribution in [0.1, 0.15) is 70.0 Å². The topological polar surface area (TPSA) is 238 Å². The van der Waals surface area contributed by atoms with Gasteiger partial charge in [-0.2, -0.15) is 5.26 Å². The summed E-state index contributed by atoms with van der Waals surface area (Å²) < 4.78 is 29.7. The number of nitrogens with one attached hydrogen (secondary N) is 4. The van der Waals surface area contributed by atoms with Gasteiger partial charge < -0.3 is 33.2 Å². The summed E-state index contributed by atoms with van der Waals surface area (Å²) in [4.78, 5) is 46.5. The van der Waals surface area contributed by atoms with Gasteiger partial charge in [0.25, 0.3) is 17.7 Å². The highest BCUT2D eigenvalue weighted by Gasteiger charge is 2.16. The number of benzene rings is 8. The SMILES string of the molecule is N#Cc1ccc(CNC(=O)c2ccc(Br)cc2CSC(N)=Nc2ccc(F)c(Cl)c2)cc1.N=C(N)SCc1cc(Br)ccc1C(=O)NCc1ccc(F)cc1.NC(=Nc1ccc(Br)cc1)SCc1cc(Br)ccc1C(=O)NCc1ccc(Cl)cc1. The number of nitrogens with zero attached hydrogens (tertiary/aromatic N) is 3. The van der Waals surface area contributed by atoms with Crippen molar-refractivity contribution in [1.82, 2.24) is 16.0 Å². The molecule has 0 aliphatic carbocycles. The molecule has 0 bridgehead atoms. The molecule has 0 saturated carbocycles. The molecule has 85 heavy (non-hydrogen) atoms. The molecule has 3 amide bonds. The van der Waals surface area contributed by atoms with Gasteiger partial charge in [-0.1, -0.05) is 159 Å². The van der Waals surface area contributed by atoms with Crippen molar-refractivity contribution in [2.75, 3.05) is 0 Å². The number of thioether (sulfide) groups is 3. The van der Waals surface area contributed by atoms with Crippen molar-refractivity contribution in [3.63, 3.8) is 0 Å². The molecule has 8 aromatic carbocycles. The molecule has 8 rings (SSSR count). The minimum Gasteiger partial charge on any atom is -0.379 e. The van der Waals surface area contributed by atoms with Crippen molar-refractivity contribution in [3.8, 4) is 6.07 Å². The largest absolute Gasteiger partial charge is 0.379 e. The van der Waals surface area contributed by atoms with E-state index in [2.05, 4.69) is 95.7 Å². The Bertz CT molecular complexity index is 3760. The van der Waals surface area contributed by atoms with Gasteiger partial charge in [0.1, 0.15) is 11.6 Å². The quantitative estimate of drug-likeness (QED) is 0.0336. The zero-order chi connectivity index (χ0) is 61.4. The van der Waals surface area contributed by atoms with E-state index in [1.807, 2.05) is 60.7 Å². The number of nitrogens with two attached hydrogens (primary N) is 3. The van der Waals surface area contributed by atoms with Crippen LogP contribution in [0.5, 0.6) is 0 Å².